The minimum atomic E-state index is -0.667. The van der Waals surface area contributed by atoms with Crippen molar-refractivity contribution in [3.8, 4) is 0 Å². The highest BCUT2D eigenvalue weighted by atomic mass is 16.3. The van der Waals surface area contributed by atoms with E-state index in [9.17, 15) is 14.7 Å². The summed E-state index contributed by atoms with van der Waals surface area (Å²) in [4.78, 5) is 32.8. The van der Waals surface area contributed by atoms with E-state index in [1.807, 2.05) is 11.8 Å². The molecule has 1 aromatic carbocycles. The maximum absolute atomic E-state index is 12.8. The van der Waals surface area contributed by atoms with Crippen molar-refractivity contribution in [1.82, 2.24) is 20.1 Å². The van der Waals surface area contributed by atoms with Gasteiger partial charge in [0, 0.05) is 57.4 Å². The Labute approximate surface area is 201 Å². The topological polar surface area (TPSA) is 97.8 Å². The monoisotopic (exact) mass is 465 g/mol. The molecule has 2 aliphatic rings. The number of aliphatic hydroxyl groups is 1. The number of aromatic nitrogens is 1. The number of β-amino-alcohol motifs (C(OH)–C–C–N with tert-alkyl or cyclic N) is 1. The van der Waals surface area contributed by atoms with Crippen LogP contribution < -0.4 is 10.6 Å². The Morgan fingerprint density at radius 3 is 2.62 bits per heavy atom. The predicted octanol–water partition coefficient (Wildman–Crippen LogP) is 2.04. The van der Waals surface area contributed by atoms with E-state index < -0.39 is 6.10 Å². The van der Waals surface area contributed by atoms with Crippen molar-refractivity contribution in [2.75, 3.05) is 31.5 Å². The van der Waals surface area contributed by atoms with Crippen LogP contribution in [0.25, 0.3) is 0 Å². The predicted molar refractivity (Wildman–Crippen MR) is 131 cm³/mol. The lowest BCUT2D eigenvalue weighted by Crippen LogP contribution is -2.47. The minimum absolute atomic E-state index is 0.108. The van der Waals surface area contributed by atoms with E-state index in [-0.39, 0.29) is 23.9 Å². The van der Waals surface area contributed by atoms with Gasteiger partial charge >= 0.3 is 0 Å². The molecule has 8 nitrogen and oxygen atoms in total. The lowest BCUT2D eigenvalue weighted by atomic mass is 9.99. The van der Waals surface area contributed by atoms with Crippen molar-refractivity contribution in [3.63, 3.8) is 0 Å². The number of hydrogen-bond acceptors (Lipinski definition) is 6. The molecule has 1 aromatic heterocycles. The lowest BCUT2D eigenvalue weighted by molar-refractivity contribution is -0.129. The first-order valence-corrected chi connectivity index (χ1v) is 12.1. The molecular formula is C26H35N5O3. The first kappa shape index (κ1) is 24.2. The number of benzene rings is 1. The molecule has 0 bridgehead atoms. The van der Waals surface area contributed by atoms with Gasteiger partial charge in [-0.2, -0.15) is 0 Å². The summed E-state index contributed by atoms with van der Waals surface area (Å²) >= 11 is 0. The van der Waals surface area contributed by atoms with E-state index in [1.54, 1.807) is 25.3 Å². The Hall–Kier alpha value is -2.97. The molecule has 3 N–H and O–H groups in total. The van der Waals surface area contributed by atoms with Gasteiger partial charge in [0.15, 0.2) is 0 Å². The van der Waals surface area contributed by atoms with Crippen LogP contribution >= 0.6 is 0 Å². The molecule has 0 saturated carbocycles. The summed E-state index contributed by atoms with van der Waals surface area (Å²) < 4.78 is 0. The van der Waals surface area contributed by atoms with Gasteiger partial charge in [0.2, 0.25) is 5.91 Å². The van der Waals surface area contributed by atoms with Crippen molar-refractivity contribution >= 4 is 17.6 Å². The summed E-state index contributed by atoms with van der Waals surface area (Å²) in [6, 6.07) is 11.7. The number of hydrogen-bond donors (Lipinski definition) is 3. The first-order chi connectivity index (χ1) is 16.4. The third-order valence-electron chi connectivity index (χ3n) is 6.91. The molecule has 34 heavy (non-hydrogen) atoms. The third-order valence-corrected chi connectivity index (χ3v) is 6.91. The van der Waals surface area contributed by atoms with E-state index in [1.165, 1.54) is 11.1 Å². The van der Waals surface area contributed by atoms with Crippen LogP contribution in [0.1, 0.15) is 48.2 Å². The van der Waals surface area contributed by atoms with Crippen LogP contribution in [0.4, 0.5) is 5.82 Å². The summed E-state index contributed by atoms with van der Waals surface area (Å²) in [5.74, 6) is 0.526. The maximum atomic E-state index is 12.8. The second-order valence-electron chi connectivity index (χ2n) is 9.44. The highest BCUT2D eigenvalue weighted by Gasteiger charge is 2.24. The molecule has 0 radical (unpaired) electrons. The number of pyridine rings is 1. The Bertz CT molecular complexity index is 1010. The number of nitrogens with zero attached hydrogens (tertiary/aromatic N) is 3. The zero-order chi connectivity index (χ0) is 24.1. The number of carbonyl (C=O) groups is 2. The fourth-order valence-electron chi connectivity index (χ4n) is 4.72. The van der Waals surface area contributed by atoms with Gasteiger partial charge < -0.3 is 20.6 Å². The summed E-state index contributed by atoms with van der Waals surface area (Å²) in [6.07, 6.45) is 3.63. The summed E-state index contributed by atoms with van der Waals surface area (Å²) in [5, 5.41) is 17.1. The standard InChI is InChI=1S/C26H35N5O3/c1-18(24(33)17-30-12-8-20-5-3-4-6-22(20)16-30)28-26(34)21-7-11-27-25(15-21)29-23-9-13-31(14-10-23)19(2)32/h3-7,11,15,18,23-24,33H,8-10,12-14,16-17H2,1-2H3,(H,27,29)(H,28,34). The molecule has 2 atom stereocenters. The minimum Gasteiger partial charge on any atom is -0.390 e. The van der Waals surface area contributed by atoms with E-state index in [2.05, 4.69) is 44.8 Å². The average molecular weight is 466 g/mol. The van der Waals surface area contributed by atoms with E-state index >= 15 is 0 Å². The van der Waals surface area contributed by atoms with Crippen LogP contribution in [-0.2, 0) is 17.8 Å². The quantitative estimate of drug-likeness (QED) is 0.579. The first-order valence-electron chi connectivity index (χ1n) is 12.1. The van der Waals surface area contributed by atoms with Crippen molar-refractivity contribution in [2.45, 2.75) is 57.8 Å². The summed E-state index contributed by atoms with van der Waals surface area (Å²) in [7, 11) is 0. The van der Waals surface area contributed by atoms with E-state index in [4.69, 9.17) is 0 Å². The summed E-state index contributed by atoms with van der Waals surface area (Å²) in [5.41, 5.74) is 3.19. The van der Waals surface area contributed by atoms with Gasteiger partial charge in [0.25, 0.3) is 5.91 Å². The Kier molecular flexibility index (Phi) is 7.80. The molecule has 4 rings (SSSR count). The van der Waals surface area contributed by atoms with Crippen molar-refractivity contribution < 1.29 is 14.7 Å². The molecular weight excluding hydrogens is 430 g/mol. The molecule has 2 amide bonds. The van der Waals surface area contributed by atoms with Crippen LogP contribution in [0.5, 0.6) is 0 Å². The Balaban J connectivity index is 1.27. The van der Waals surface area contributed by atoms with Crippen LogP contribution in [0.2, 0.25) is 0 Å². The molecule has 0 aliphatic carbocycles. The molecule has 2 aliphatic heterocycles. The molecule has 3 heterocycles. The van der Waals surface area contributed by atoms with Gasteiger partial charge in [0.1, 0.15) is 5.82 Å². The Morgan fingerprint density at radius 1 is 1.15 bits per heavy atom. The molecule has 2 unspecified atom stereocenters. The number of rotatable bonds is 7. The number of piperidine rings is 1. The molecule has 2 aromatic rings. The molecule has 0 spiro atoms. The molecule has 1 fully saturated rings. The van der Waals surface area contributed by atoms with Crippen LogP contribution in [0.15, 0.2) is 42.6 Å². The lowest BCUT2D eigenvalue weighted by Gasteiger charge is -2.32. The van der Waals surface area contributed by atoms with Crippen LogP contribution in [-0.4, -0.2) is 76.1 Å². The van der Waals surface area contributed by atoms with Gasteiger partial charge in [-0.05, 0) is 49.4 Å². The van der Waals surface area contributed by atoms with Gasteiger partial charge in [-0.15, -0.1) is 0 Å². The smallest absolute Gasteiger partial charge is 0.251 e. The van der Waals surface area contributed by atoms with E-state index in [0.717, 1.165) is 45.4 Å². The highest BCUT2D eigenvalue weighted by Crippen LogP contribution is 2.19. The number of nitrogens with one attached hydrogen (secondary N) is 2. The number of aliphatic hydroxyl groups excluding tert-OH is 1. The van der Waals surface area contributed by atoms with Crippen LogP contribution in [0, 0.1) is 0 Å². The number of amides is 2. The van der Waals surface area contributed by atoms with Crippen molar-refractivity contribution in [1.29, 1.82) is 0 Å². The molecule has 1 saturated heterocycles. The SMILES string of the molecule is CC(=O)N1CCC(Nc2cc(C(=O)NC(C)C(O)CN3CCc4ccccc4C3)ccn2)CC1. The molecule has 8 heteroatoms. The summed E-state index contributed by atoms with van der Waals surface area (Å²) in [6.45, 7) is 7.12. The Morgan fingerprint density at radius 2 is 1.88 bits per heavy atom. The maximum Gasteiger partial charge on any atom is 0.251 e. The molecule has 182 valence electrons. The largest absolute Gasteiger partial charge is 0.390 e. The zero-order valence-corrected chi connectivity index (χ0v) is 20.0. The number of likely N-dealkylation sites (tertiary alicyclic amines) is 1. The number of anilines is 1. The fraction of sp³-hybridized carbons (Fsp3) is 0.500. The normalized spacial score (nSPS) is 18.6. The van der Waals surface area contributed by atoms with Crippen molar-refractivity contribution in [3.05, 3.63) is 59.3 Å². The zero-order valence-electron chi connectivity index (χ0n) is 20.0. The highest BCUT2D eigenvalue weighted by molar-refractivity contribution is 5.95. The van der Waals surface area contributed by atoms with Crippen LogP contribution in [0.3, 0.4) is 0 Å². The fourth-order valence-corrected chi connectivity index (χ4v) is 4.72. The van der Waals surface area contributed by atoms with Crippen molar-refractivity contribution in [2.24, 2.45) is 0 Å². The van der Waals surface area contributed by atoms with Gasteiger partial charge in [-0.1, -0.05) is 24.3 Å². The van der Waals surface area contributed by atoms with Gasteiger partial charge in [-0.25, -0.2) is 4.98 Å². The average Bonchev–Trinajstić information content (AvgIpc) is 2.84. The second-order valence-corrected chi connectivity index (χ2v) is 9.44. The third kappa shape index (κ3) is 6.12. The second kappa shape index (κ2) is 11.0. The van der Waals surface area contributed by atoms with E-state index in [0.29, 0.717) is 17.9 Å². The number of carbonyl (C=O) groups excluding carboxylic acids is 2. The number of fused-ring (bicyclic) bond motifs is 1. The van der Waals surface area contributed by atoms with Gasteiger partial charge in [0.05, 0.1) is 12.1 Å². The van der Waals surface area contributed by atoms with Gasteiger partial charge in [-0.3, -0.25) is 14.5 Å².